The van der Waals surface area contributed by atoms with Crippen LogP contribution in [-0.4, -0.2) is 49.6 Å². The van der Waals surface area contributed by atoms with E-state index < -0.39 is 5.60 Å². The van der Waals surface area contributed by atoms with Gasteiger partial charge in [0.2, 0.25) is 0 Å². The van der Waals surface area contributed by atoms with Crippen molar-refractivity contribution in [3.63, 3.8) is 0 Å². The van der Waals surface area contributed by atoms with Gasteiger partial charge in [-0.05, 0) is 46.0 Å². The maximum atomic E-state index is 12.3. The maximum absolute atomic E-state index is 12.3. The molecule has 27 heavy (non-hydrogen) atoms. The molecule has 1 fully saturated rings. The van der Waals surface area contributed by atoms with E-state index in [-0.39, 0.29) is 6.09 Å². The predicted octanol–water partition coefficient (Wildman–Crippen LogP) is 3.20. The number of aromatic nitrogens is 4. The lowest BCUT2D eigenvalue weighted by Crippen LogP contribution is -2.43. The van der Waals surface area contributed by atoms with Crippen LogP contribution in [0.2, 0.25) is 0 Å². The van der Waals surface area contributed by atoms with E-state index in [2.05, 4.69) is 25.3 Å². The zero-order chi connectivity index (χ0) is 19.3. The Morgan fingerprint density at radius 3 is 2.85 bits per heavy atom. The molecule has 3 heterocycles. The third-order valence-electron chi connectivity index (χ3n) is 4.21. The molecular formula is C19H26N6O2. The summed E-state index contributed by atoms with van der Waals surface area (Å²) < 4.78 is 5.50. The second-order valence-electron chi connectivity index (χ2n) is 7.75. The van der Waals surface area contributed by atoms with Crippen LogP contribution in [0.5, 0.6) is 0 Å². The molecule has 0 saturated carbocycles. The normalized spacial score (nSPS) is 17.4. The Kier molecular flexibility index (Phi) is 5.83. The van der Waals surface area contributed by atoms with Crippen molar-refractivity contribution in [2.24, 2.45) is 5.92 Å². The number of hydrogen-bond donors (Lipinski definition) is 1. The number of rotatable bonds is 4. The van der Waals surface area contributed by atoms with Crippen molar-refractivity contribution < 1.29 is 9.53 Å². The monoisotopic (exact) mass is 370 g/mol. The minimum absolute atomic E-state index is 0.236. The number of ether oxygens (including phenoxy) is 1. The summed E-state index contributed by atoms with van der Waals surface area (Å²) in [6.45, 7) is 7.09. The van der Waals surface area contributed by atoms with E-state index in [1.54, 1.807) is 29.8 Å². The fraction of sp³-hybridized carbons (Fsp3) is 0.526. The van der Waals surface area contributed by atoms with Gasteiger partial charge >= 0.3 is 6.09 Å². The van der Waals surface area contributed by atoms with Crippen molar-refractivity contribution in [3.8, 4) is 0 Å². The molecule has 0 aliphatic carbocycles. The summed E-state index contributed by atoms with van der Waals surface area (Å²) in [5.74, 6) is 1.67. The lowest BCUT2D eigenvalue weighted by atomic mass is 9.93. The minimum Gasteiger partial charge on any atom is -0.444 e. The van der Waals surface area contributed by atoms with Gasteiger partial charge in [0, 0.05) is 37.2 Å². The SMILES string of the molecule is CC(C)(C)OC(=O)N1CCC[C@H](Cc2cc(Nc3cnccn3)ncn2)C1. The molecular weight excluding hydrogens is 344 g/mol. The molecule has 0 aromatic carbocycles. The third-order valence-corrected chi connectivity index (χ3v) is 4.21. The largest absolute Gasteiger partial charge is 0.444 e. The molecule has 1 aliphatic rings. The molecule has 1 amide bonds. The van der Waals surface area contributed by atoms with E-state index in [0.717, 1.165) is 31.5 Å². The molecule has 0 radical (unpaired) electrons. The van der Waals surface area contributed by atoms with Crippen molar-refractivity contribution in [2.75, 3.05) is 18.4 Å². The number of nitrogens with one attached hydrogen (secondary N) is 1. The summed E-state index contributed by atoms with van der Waals surface area (Å²) in [6, 6.07) is 1.92. The molecule has 0 bridgehead atoms. The van der Waals surface area contributed by atoms with Crippen LogP contribution >= 0.6 is 0 Å². The Hall–Kier alpha value is -2.77. The van der Waals surface area contributed by atoms with E-state index >= 15 is 0 Å². The van der Waals surface area contributed by atoms with Crippen LogP contribution in [0, 0.1) is 5.92 Å². The fourth-order valence-corrected chi connectivity index (χ4v) is 3.09. The molecule has 0 spiro atoms. The third kappa shape index (κ3) is 5.87. The van der Waals surface area contributed by atoms with E-state index in [4.69, 9.17) is 4.74 Å². The summed E-state index contributed by atoms with van der Waals surface area (Å²) >= 11 is 0. The molecule has 3 rings (SSSR count). The maximum Gasteiger partial charge on any atom is 0.410 e. The van der Waals surface area contributed by atoms with Gasteiger partial charge in [-0.2, -0.15) is 0 Å². The van der Waals surface area contributed by atoms with Crippen LogP contribution in [0.25, 0.3) is 0 Å². The van der Waals surface area contributed by atoms with Crippen molar-refractivity contribution in [1.82, 2.24) is 24.8 Å². The molecule has 8 nitrogen and oxygen atoms in total. The predicted molar refractivity (Wildman–Crippen MR) is 102 cm³/mol. The number of carbonyl (C=O) groups excluding carboxylic acids is 1. The molecule has 1 aliphatic heterocycles. The number of piperidine rings is 1. The van der Waals surface area contributed by atoms with E-state index in [1.165, 1.54) is 0 Å². The summed E-state index contributed by atoms with van der Waals surface area (Å²) in [5, 5.41) is 3.13. The van der Waals surface area contributed by atoms with Gasteiger partial charge < -0.3 is 15.0 Å². The summed E-state index contributed by atoms with van der Waals surface area (Å²) in [7, 11) is 0. The first-order chi connectivity index (χ1) is 12.9. The second-order valence-corrected chi connectivity index (χ2v) is 7.75. The van der Waals surface area contributed by atoms with Crippen molar-refractivity contribution in [1.29, 1.82) is 0 Å². The van der Waals surface area contributed by atoms with Crippen LogP contribution in [0.4, 0.5) is 16.4 Å². The average Bonchev–Trinajstić information content (AvgIpc) is 2.62. The van der Waals surface area contributed by atoms with Crippen LogP contribution < -0.4 is 5.32 Å². The number of anilines is 2. The first-order valence-corrected chi connectivity index (χ1v) is 9.21. The highest BCUT2D eigenvalue weighted by Crippen LogP contribution is 2.23. The van der Waals surface area contributed by atoms with Gasteiger partial charge in [0.15, 0.2) is 0 Å². The Morgan fingerprint density at radius 2 is 2.11 bits per heavy atom. The lowest BCUT2D eigenvalue weighted by molar-refractivity contribution is 0.0165. The average molecular weight is 370 g/mol. The van der Waals surface area contributed by atoms with Crippen LogP contribution in [0.1, 0.15) is 39.3 Å². The van der Waals surface area contributed by atoms with Gasteiger partial charge in [-0.25, -0.2) is 19.7 Å². The van der Waals surface area contributed by atoms with Gasteiger partial charge in [-0.15, -0.1) is 0 Å². The Bertz CT molecular complexity index is 762. The number of amides is 1. The van der Waals surface area contributed by atoms with Crippen molar-refractivity contribution in [3.05, 3.63) is 36.7 Å². The molecule has 8 heteroatoms. The summed E-state index contributed by atoms with van der Waals surface area (Å²) in [6.07, 6.45) is 9.02. The Morgan fingerprint density at radius 1 is 1.26 bits per heavy atom. The van der Waals surface area contributed by atoms with E-state index in [0.29, 0.717) is 24.1 Å². The smallest absolute Gasteiger partial charge is 0.410 e. The molecule has 0 unspecified atom stereocenters. The standard InChI is InChI=1S/C19H26N6O2/c1-19(2,3)27-18(26)25-8-4-5-14(12-25)9-15-10-16(23-13-22-15)24-17-11-20-6-7-21-17/h6-7,10-11,13-14H,4-5,8-9,12H2,1-3H3,(H,21,22,23,24)/t14-/m1/s1. The van der Waals surface area contributed by atoms with Crippen molar-refractivity contribution >= 4 is 17.7 Å². The number of carbonyl (C=O) groups is 1. The molecule has 1 N–H and O–H groups in total. The van der Waals surface area contributed by atoms with Gasteiger partial charge in [0.1, 0.15) is 23.6 Å². The second kappa shape index (κ2) is 8.28. The first-order valence-electron chi connectivity index (χ1n) is 9.21. The number of hydrogen-bond acceptors (Lipinski definition) is 7. The van der Waals surface area contributed by atoms with Crippen molar-refractivity contribution in [2.45, 2.75) is 45.6 Å². The van der Waals surface area contributed by atoms with Crippen LogP contribution in [0.15, 0.2) is 31.0 Å². The quantitative estimate of drug-likeness (QED) is 0.883. The number of nitrogens with zero attached hydrogens (tertiary/aromatic N) is 5. The molecule has 1 atom stereocenters. The fourth-order valence-electron chi connectivity index (χ4n) is 3.09. The molecule has 144 valence electrons. The highest BCUT2D eigenvalue weighted by molar-refractivity contribution is 5.68. The highest BCUT2D eigenvalue weighted by atomic mass is 16.6. The summed E-state index contributed by atoms with van der Waals surface area (Å²) in [5.41, 5.74) is 0.463. The van der Waals surface area contributed by atoms with Gasteiger partial charge in [-0.1, -0.05) is 0 Å². The topological polar surface area (TPSA) is 93.1 Å². The van der Waals surface area contributed by atoms with Crippen LogP contribution in [0.3, 0.4) is 0 Å². The first kappa shape index (κ1) is 19.0. The lowest BCUT2D eigenvalue weighted by Gasteiger charge is -2.34. The highest BCUT2D eigenvalue weighted by Gasteiger charge is 2.27. The van der Waals surface area contributed by atoms with E-state index in [9.17, 15) is 4.79 Å². The Balaban J connectivity index is 1.60. The summed E-state index contributed by atoms with van der Waals surface area (Å²) in [4.78, 5) is 31.0. The van der Waals surface area contributed by atoms with E-state index in [1.807, 2.05) is 26.8 Å². The number of likely N-dealkylation sites (tertiary alicyclic amines) is 1. The molecule has 2 aromatic rings. The zero-order valence-corrected chi connectivity index (χ0v) is 16.1. The molecule has 1 saturated heterocycles. The van der Waals surface area contributed by atoms with Gasteiger partial charge in [-0.3, -0.25) is 4.98 Å². The van der Waals surface area contributed by atoms with Gasteiger partial charge in [0.25, 0.3) is 0 Å². The Labute approximate surface area is 159 Å². The minimum atomic E-state index is -0.475. The van der Waals surface area contributed by atoms with Crippen LogP contribution in [-0.2, 0) is 11.2 Å². The molecule has 2 aromatic heterocycles. The van der Waals surface area contributed by atoms with Gasteiger partial charge in [0.05, 0.1) is 6.20 Å². The zero-order valence-electron chi connectivity index (χ0n) is 16.1.